The lowest BCUT2D eigenvalue weighted by molar-refractivity contribution is 0.0651. The summed E-state index contributed by atoms with van der Waals surface area (Å²) in [5.41, 5.74) is 6.37. The Morgan fingerprint density at radius 3 is 2.75 bits per heavy atom. The van der Waals surface area contributed by atoms with Gasteiger partial charge in [-0.1, -0.05) is 0 Å². The third kappa shape index (κ3) is 4.04. The summed E-state index contributed by atoms with van der Waals surface area (Å²) in [6.07, 6.45) is 0.782. The van der Waals surface area contributed by atoms with Gasteiger partial charge in [-0.25, -0.2) is 4.68 Å². The first-order chi connectivity index (χ1) is 13.4. The SMILES string of the molecule is CN1CCN(C2CC(Cl)NCC2NC(=O)c2c(N)nn3c2NCC(Cl)C3)CC1. The molecule has 4 heterocycles. The Morgan fingerprint density at radius 2 is 2.00 bits per heavy atom. The van der Waals surface area contributed by atoms with E-state index in [1.807, 2.05) is 0 Å². The van der Waals surface area contributed by atoms with Crippen LogP contribution in [0.1, 0.15) is 16.8 Å². The third-order valence-corrected chi connectivity index (χ3v) is 6.49. The fourth-order valence-electron chi connectivity index (χ4n) is 4.27. The summed E-state index contributed by atoms with van der Waals surface area (Å²) in [7, 11) is 2.13. The summed E-state index contributed by atoms with van der Waals surface area (Å²) in [5.74, 6) is 0.654. The Labute approximate surface area is 174 Å². The van der Waals surface area contributed by atoms with Crippen molar-refractivity contribution in [2.75, 3.05) is 57.4 Å². The van der Waals surface area contributed by atoms with E-state index in [0.717, 1.165) is 32.6 Å². The first kappa shape index (κ1) is 20.0. The minimum absolute atomic E-state index is 0.0507. The van der Waals surface area contributed by atoms with Crippen molar-refractivity contribution in [3.63, 3.8) is 0 Å². The highest BCUT2D eigenvalue weighted by Crippen LogP contribution is 2.27. The Morgan fingerprint density at radius 1 is 1.25 bits per heavy atom. The average molecular weight is 431 g/mol. The van der Waals surface area contributed by atoms with Gasteiger partial charge < -0.3 is 21.3 Å². The third-order valence-electron chi connectivity index (χ3n) is 5.86. The molecule has 5 N–H and O–H groups in total. The van der Waals surface area contributed by atoms with E-state index >= 15 is 0 Å². The molecule has 1 aromatic heterocycles. The van der Waals surface area contributed by atoms with Crippen LogP contribution in [0, 0.1) is 0 Å². The Kier molecular flexibility index (Phi) is 5.89. The topological polar surface area (TPSA) is 103 Å². The van der Waals surface area contributed by atoms with E-state index in [4.69, 9.17) is 28.9 Å². The molecule has 0 saturated carbocycles. The monoisotopic (exact) mass is 430 g/mol. The zero-order valence-corrected chi connectivity index (χ0v) is 17.5. The predicted molar refractivity (Wildman–Crippen MR) is 111 cm³/mol. The molecule has 1 amide bonds. The lowest BCUT2D eigenvalue weighted by Crippen LogP contribution is -2.63. The minimum atomic E-state index is -0.210. The van der Waals surface area contributed by atoms with Crippen LogP contribution in [0.5, 0.6) is 0 Å². The lowest BCUT2D eigenvalue weighted by Gasteiger charge is -2.45. The molecule has 156 valence electrons. The molecule has 2 fully saturated rings. The molecule has 0 bridgehead atoms. The number of hydrogen-bond acceptors (Lipinski definition) is 7. The summed E-state index contributed by atoms with van der Waals surface area (Å²) < 4.78 is 1.68. The number of halogens is 2. The number of nitrogens with zero attached hydrogens (tertiary/aromatic N) is 4. The second-order valence-electron chi connectivity index (χ2n) is 7.87. The maximum atomic E-state index is 13.1. The van der Waals surface area contributed by atoms with Crippen molar-refractivity contribution < 1.29 is 4.79 Å². The van der Waals surface area contributed by atoms with E-state index in [2.05, 4.69) is 37.9 Å². The number of piperazine rings is 1. The fraction of sp³-hybridized carbons (Fsp3) is 0.765. The zero-order chi connectivity index (χ0) is 19.8. The van der Waals surface area contributed by atoms with Crippen LogP contribution < -0.4 is 21.7 Å². The molecule has 1 aromatic rings. The van der Waals surface area contributed by atoms with E-state index < -0.39 is 0 Å². The number of rotatable bonds is 3. The summed E-state index contributed by atoms with van der Waals surface area (Å²) in [5, 5.41) is 13.8. The summed E-state index contributed by atoms with van der Waals surface area (Å²) in [6, 6.07) is 0.138. The summed E-state index contributed by atoms with van der Waals surface area (Å²) >= 11 is 12.6. The van der Waals surface area contributed by atoms with Crippen LogP contribution in [-0.4, -0.2) is 94.8 Å². The number of piperidine rings is 1. The van der Waals surface area contributed by atoms with Gasteiger partial charge in [0.1, 0.15) is 11.4 Å². The van der Waals surface area contributed by atoms with Gasteiger partial charge in [0.2, 0.25) is 0 Å². The summed E-state index contributed by atoms with van der Waals surface area (Å²) in [6.45, 7) is 5.72. The lowest BCUT2D eigenvalue weighted by atomic mass is 9.97. The molecule has 4 atom stereocenters. The molecule has 3 aliphatic rings. The van der Waals surface area contributed by atoms with Crippen molar-refractivity contribution in [1.82, 2.24) is 30.2 Å². The molecule has 0 aromatic carbocycles. The number of nitrogen functional groups attached to an aromatic ring is 1. The quantitative estimate of drug-likeness (QED) is 0.387. The Bertz CT molecular complexity index is 720. The van der Waals surface area contributed by atoms with Gasteiger partial charge in [0.15, 0.2) is 5.82 Å². The zero-order valence-electron chi connectivity index (χ0n) is 16.0. The molecule has 2 saturated heterocycles. The summed E-state index contributed by atoms with van der Waals surface area (Å²) in [4.78, 5) is 17.9. The normalized spacial score (nSPS) is 31.8. The van der Waals surface area contributed by atoms with Gasteiger partial charge >= 0.3 is 0 Å². The van der Waals surface area contributed by atoms with Gasteiger partial charge in [-0.05, 0) is 13.5 Å². The van der Waals surface area contributed by atoms with Crippen LogP contribution in [0.2, 0.25) is 0 Å². The van der Waals surface area contributed by atoms with Crippen molar-refractivity contribution in [2.45, 2.75) is 35.9 Å². The van der Waals surface area contributed by atoms with E-state index in [1.54, 1.807) is 4.68 Å². The Balaban J connectivity index is 1.50. The molecule has 0 spiro atoms. The minimum Gasteiger partial charge on any atom is -0.381 e. The highest BCUT2D eigenvalue weighted by Gasteiger charge is 2.37. The first-order valence-corrected chi connectivity index (χ1v) is 10.6. The maximum absolute atomic E-state index is 13.1. The van der Waals surface area contributed by atoms with Crippen LogP contribution in [0.4, 0.5) is 11.6 Å². The number of amides is 1. The van der Waals surface area contributed by atoms with E-state index in [9.17, 15) is 4.79 Å². The number of alkyl halides is 2. The predicted octanol–water partition coefficient (Wildman–Crippen LogP) is -0.229. The van der Waals surface area contributed by atoms with Crippen LogP contribution in [0.3, 0.4) is 0 Å². The Hall–Kier alpha value is -1.26. The van der Waals surface area contributed by atoms with Gasteiger partial charge in [-0.15, -0.1) is 23.2 Å². The van der Waals surface area contributed by atoms with Crippen LogP contribution in [0.15, 0.2) is 0 Å². The average Bonchev–Trinajstić information content (AvgIpc) is 2.98. The van der Waals surface area contributed by atoms with Crippen molar-refractivity contribution in [1.29, 1.82) is 0 Å². The van der Waals surface area contributed by atoms with Crippen LogP contribution >= 0.6 is 23.2 Å². The van der Waals surface area contributed by atoms with Crippen molar-refractivity contribution in [3.05, 3.63) is 5.56 Å². The molecule has 4 rings (SSSR count). The number of anilines is 2. The molecule has 28 heavy (non-hydrogen) atoms. The molecule has 3 aliphatic heterocycles. The van der Waals surface area contributed by atoms with Crippen molar-refractivity contribution in [3.8, 4) is 0 Å². The second kappa shape index (κ2) is 8.23. The van der Waals surface area contributed by atoms with E-state index in [1.165, 1.54) is 0 Å². The van der Waals surface area contributed by atoms with Gasteiger partial charge in [0.05, 0.1) is 23.5 Å². The second-order valence-corrected chi connectivity index (χ2v) is 9.01. The number of aromatic nitrogens is 2. The number of likely N-dealkylation sites (N-methyl/N-ethyl adjacent to an activating group) is 1. The molecule has 0 aliphatic carbocycles. The van der Waals surface area contributed by atoms with Crippen molar-refractivity contribution >= 4 is 40.7 Å². The maximum Gasteiger partial charge on any atom is 0.259 e. The molecule has 4 unspecified atom stereocenters. The molecule has 11 heteroatoms. The van der Waals surface area contributed by atoms with Gasteiger partial charge in [-0.3, -0.25) is 15.0 Å². The molecule has 9 nitrogen and oxygen atoms in total. The molecular formula is C17H28Cl2N8O. The number of carbonyl (C=O) groups is 1. The number of carbonyl (C=O) groups excluding carboxylic acids is 1. The van der Waals surface area contributed by atoms with Gasteiger partial charge in [-0.2, -0.15) is 5.10 Å². The molecule has 0 radical (unpaired) electrons. The van der Waals surface area contributed by atoms with Crippen molar-refractivity contribution in [2.24, 2.45) is 0 Å². The number of fused-ring (bicyclic) bond motifs is 1. The van der Waals surface area contributed by atoms with Gasteiger partial charge in [0.25, 0.3) is 5.91 Å². The highest BCUT2D eigenvalue weighted by molar-refractivity contribution is 6.21. The fourth-order valence-corrected chi connectivity index (χ4v) is 4.75. The van der Waals surface area contributed by atoms with Crippen LogP contribution in [0.25, 0.3) is 0 Å². The molecular weight excluding hydrogens is 403 g/mol. The number of nitrogens with one attached hydrogen (secondary N) is 3. The van der Waals surface area contributed by atoms with E-state index in [-0.39, 0.29) is 34.7 Å². The van der Waals surface area contributed by atoms with Gasteiger partial charge in [0, 0.05) is 45.3 Å². The largest absolute Gasteiger partial charge is 0.381 e. The van der Waals surface area contributed by atoms with E-state index in [0.29, 0.717) is 31.0 Å². The first-order valence-electron chi connectivity index (χ1n) is 9.77. The standard InChI is InChI=1S/C17H28Cl2N8O/c1-25-2-4-26(5-3-25)12-6-13(19)21-8-11(12)23-17(28)14-15(20)24-27-9-10(18)7-22-16(14)27/h10-13,21-22H,2-9H2,1H3,(H2,20,24)(H,23,28). The number of nitrogens with two attached hydrogens (primary N) is 1. The van der Waals surface area contributed by atoms with Crippen LogP contribution in [-0.2, 0) is 6.54 Å². The number of hydrogen-bond donors (Lipinski definition) is 4. The highest BCUT2D eigenvalue weighted by atomic mass is 35.5. The smallest absolute Gasteiger partial charge is 0.259 e.